The van der Waals surface area contributed by atoms with Crippen LogP contribution in [0, 0.1) is 6.92 Å². The molecule has 1 aliphatic heterocycles. The summed E-state index contributed by atoms with van der Waals surface area (Å²) in [6, 6.07) is 3.97. The van der Waals surface area contributed by atoms with E-state index in [2.05, 4.69) is 37.5 Å². The first-order valence-corrected chi connectivity index (χ1v) is 10.0. The van der Waals surface area contributed by atoms with Gasteiger partial charge < -0.3 is 14.5 Å². The van der Waals surface area contributed by atoms with Gasteiger partial charge in [-0.2, -0.15) is 0 Å². The Kier molecular flexibility index (Phi) is 7.44. The summed E-state index contributed by atoms with van der Waals surface area (Å²) in [6.45, 7) is 9.97. The fourth-order valence-electron chi connectivity index (χ4n) is 2.85. The van der Waals surface area contributed by atoms with E-state index in [1.807, 2.05) is 39.8 Å². The van der Waals surface area contributed by atoms with Crippen molar-refractivity contribution in [2.45, 2.75) is 33.3 Å². The lowest BCUT2D eigenvalue weighted by molar-refractivity contribution is 0.0240. The van der Waals surface area contributed by atoms with Crippen molar-refractivity contribution in [1.29, 1.82) is 0 Å². The Hall–Kier alpha value is -1.68. The standard InChI is InChI=1S/C18H22BrClN4O2.H4N2/c1-11-9-12(19)14-13(10-11)21-15(20)16(22-14)23-5-7-24(8-6-23)17(25)26-18(2,3)4;1-2/h9-10H,5-8H2,1-4H3;1-2H2. The predicted molar refractivity (Wildman–Crippen MR) is 115 cm³/mol. The average molecular weight is 474 g/mol. The minimum absolute atomic E-state index is 0.286. The Balaban J connectivity index is 0.00000136. The van der Waals surface area contributed by atoms with Gasteiger partial charge in [0, 0.05) is 30.7 Å². The largest absolute Gasteiger partial charge is 0.444 e. The summed E-state index contributed by atoms with van der Waals surface area (Å²) in [6.07, 6.45) is -0.286. The van der Waals surface area contributed by atoms with Crippen LogP contribution in [-0.2, 0) is 4.74 Å². The lowest BCUT2D eigenvalue weighted by Gasteiger charge is -2.36. The third kappa shape index (κ3) is 5.44. The highest BCUT2D eigenvalue weighted by atomic mass is 79.9. The van der Waals surface area contributed by atoms with Gasteiger partial charge in [0.25, 0.3) is 0 Å². The number of hydrogen-bond acceptors (Lipinski definition) is 7. The Morgan fingerprint density at radius 2 is 1.79 bits per heavy atom. The first-order valence-electron chi connectivity index (χ1n) is 8.83. The molecule has 1 amide bonds. The number of carbonyl (C=O) groups excluding carboxylic acids is 1. The highest BCUT2D eigenvalue weighted by Gasteiger charge is 2.27. The maximum atomic E-state index is 12.2. The van der Waals surface area contributed by atoms with Crippen molar-refractivity contribution >= 4 is 50.5 Å². The maximum Gasteiger partial charge on any atom is 0.410 e. The zero-order valence-electron chi connectivity index (χ0n) is 16.5. The number of carbonyl (C=O) groups is 1. The first-order chi connectivity index (χ1) is 13.1. The molecule has 2 aromatic rings. The topological polar surface area (TPSA) is 111 Å². The molecule has 3 rings (SSSR count). The number of halogens is 2. The van der Waals surface area contributed by atoms with Crippen LogP contribution in [-0.4, -0.2) is 52.7 Å². The molecule has 0 atom stereocenters. The van der Waals surface area contributed by atoms with Crippen molar-refractivity contribution < 1.29 is 9.53 Å². The molecule has 1 aromatic heterocycles. The molecule has 1 aliphatic rings. The van der Waals surface area contributed by atoms with E-state index in [1.54, 1.807) is 4.90 Å². The average Bonchev–Trinajstić information content (AvgIpc) is 2.61. The minimum atomic E-state index is -0.494. The van der Waals surface area contributed by atoms with Crippen LogP contribution in [0.25, 0.3) is 11.0 Å². The molecule has 0 aliphatic carbocycles. The second-order valence-electron chi connectivity index (χ2n) is 7.41. The molecule has 0 bridgehead atoms. The van der Waals surface area contributed by atoms with Gasteiger partial charge in [0.2, 0.25) is 0 Å². The van der Waals surface area contributed by atoms with Crippen LogP contribution in [0.4, 0.5) is 10.6 Å². The fourth-order valence-corrected chi connectivity index (χ4v) is 3.75. The van der Waals surface area contributed by atoms with Crippen LogP contribution in [0.2, 0.25) is 5.15 Å². The fraction of sp³-hybridized carbons (Fsp3) is 0.500. The molecule has 1 aromatic carbocycles. The zero-order chi connectivity index (χ0) is 21.1. The molecule has 1 fully saturated rings. The summed E-state index contributed by atoms with van der Waals surface area (Å²) in [5.74, 6) is 8.65. The SMILES string of the molecule is Cc1cc(Br)c2nc(N3CCN(C(=O)OC(C)(C)C)CC3)c(Cl)nc2c1.NN. The smallest absolute Gasteiger partial charge is 0.410 e. The van der Waals surface area contributed by atoms with E-state index in [9.17, 15) is 4.79 Å². The second-order valence-corrected chi connectivity index (χ2v) is 8.62. The molecular weight excluding hydrogens is 448 g/mol. The summed E-state index contributed by atoms with van der Waals surface area (Å²) >= 11 is 9.94. The summed E-state index contributed by atoms with van der Waals surface area (Å²) in [7, 11) is 0. The van der Waals surface area contributed by atoms with E-state index in [1.165, 1.54) is 0 Å². The number of benzene rings is 1. The molecule has 28 heavy (non-hydrogen) atoms. The Bertz CT molecular complexity index is 850. The lowest BCUT2D eigenvalue weighted by atomic mass is 10.2. The van der Waals surface area contributed by atoms with Gasteiger partial charge in [-0.3, -0.25) is 11.7 Å². The van der Waals surface area contributed by atoms with Gasteiger partial charge in [0.1, 0.15) is 11.1 Å². The number of hydrazine groups is 1. The molecule has 0 saturated carbocycles. The number of rotatable bonds is 1. The van der Waals surface area contributed by atoms with Crippen molar-refractivity contribution in [3.8, 4) is 0 Å². The van der Waals surface area contributed by atoms with E-state index in [-0.39, 0.29) is 6.09 Å². The first kappa shape index (κ1) is 22.6. The van der Waals surface area contributed by atoms with Gasteiger partial charge >= 0.3 is 6.09 Å². The zero-order valence-corrected chi connectivity index (χ0v) is 18.8. The van der Waals surface area contributed by atoms with Crippen molar-refractivity contribution in [1.82, 2.24) is 14.9 Å². The van der Waals surface area contributed by atoms with Crippen LogP contribution in [0.5, 0.6) is 0 Å². The minimum Gasteiger partial charge on any atom is -0.444 e. The molecule has 154 valence electrons. The highest BCUT2D eigenvalue weighted by Crippen LogP contribution is 2.30. The van der Waals surface area contributed by atoms with Gasteiger partial charge in [0.05, 0.1) is 5.52 Å². The van der Waals surface area contributed by atoms with Gasteiger partial charge in [-0.25, -0.2) is 14.8 Å². The summed E-state index contributed by atoms with van der Waals surface area (Å²) in [5, 5.41) is 0.376. The van der Waals surface area contributed by atoms with E-state index < -0.39 is 5.60 Å². The van der Waals surface area contributed by atoms with E-state index in [4.69, 9.17) is 21.3 Å². The van der Waals surface area contributed by atoms with Crippen molar-refractivity contribution in [2.24, 2.45) is 11.7 Å². The molecule has 2 heterocycles. The van der Waals surface area contributed by atoms with Crippen molar-refractivity contribution in [3.63, 3.8) is 0 Å². The molecule has 0 radical (unpaired) electrons. The van der Waals surface area contributed by atoms with Crippen LogP contribution in [0.15, 0.2) is 16.6 Å². The molecule has 10 heteroatoms. The van der Waals surface area contributed by atoms with Crippen LogP contribution in [0.1, 0.15) is 26.3 Å². The number of aromatic nitrogens is 2. The number of nitrogens with zero attached hydrogens (tertiary/aromatic N) is 4. The van der Waals surface area contributed by atoms with E-state index >= 15 is 0 Å². The Morgan fingerprint density at radius 1 is 1.18 bits per heavy atom. The molecule has 0 spiro atoms. The number of hydrogen-bond donors (Lipinski definition) is 2. The monoisotopic (exact) mass is 472 g/mol. The van der Waals surface area contributed by atoms with Crippen LogP contribution in [0.3, 0.4) is 0 Å². The maximum absolute atomic E-state index is 12.2. The van der Waals surface area contributed by atoms with Crippen LogP contribution >= 0.6 is 27.5 Å². The van der Waals surface area contributed by atoms with Gasteiger partial charge in [0.15, 0.2) is 11.0 Å². The summed E-state index contributed by atoms with van der Waals surface area (Å²) in [4.78, 5) is 25.2. The normalized spacial score (nSPS) is 14.6. The van der Waals surface area contributed by atoms with Gasteiger partial charge in [-0.05, 0) is 61.3 Å². The highest BCUT2D eigenvalue weighted by molar-refractivity contribution is 9.10. The Morgan fingerprint density at radius 3 is 2.36 bits per heavy atom. The second kappa shape index (κ2) is 9.21. The number of piperazine rings is 1. The third-order valence-corrected chi connectivity index (χ3v) is 4.90. The van der Waals surface area contributed by atoms with E-state index in [0.29, 0.717) is 37.1 Å². The third-order valence-electron chi connectivity index (χ3n) is 4.04. The number of aryl methyl sites for hydroxylation is 1. The molecule has 1 saturated heterocycles. The lowest BCUT2D eigenvalue weighted by Crippen LogP contribution is -2.50. The van der Waals surface area contributed by atoms with Crippen molar-refractivity contribution in [2.75, 3.05) is 31.1 Å². The summed E-state index contributed by atoms with van der Waals surface area (Å²) < 4.78 is 6.33. The number of nitrogens with two attached hydrogens (primary N) is 2. The Labute approximate surface area is 178 Å². The number of ether oxygens (including phenoxy) is 1. The molecular formula is C18H26BrClN6O2. The predicted octanol–water partition coefficient (Wildman–Crippen LogP) is 3.23. The van der Waals surface area contributed by atoms with Gasteiger partial charge in [-0.1, -0.05) is 11.6 Å². The van der Waals surface area contributed by atoms with Crippen molar-refractivity contribution in [3.05, 3.63) is 27.3 Å². The quantitative estimate of drug-likeness (QED) is 0.483. The summed E-state index contributed by atoms with van der Waals surface area (Å²) in [5.41, 5.74) is 2.14. The molecule has 8 nitrogen and oxygen atoms in total. The number of anilines is 1. The molecule has 4 N–H and O–H groups in total. The molecule has 0 unspecified atom stereocenters. The number of amides is 1. The van der Waals surface area contributed by atoms with Gasteiger partial charge in [-0.15, -0.1) is 0 Å². The van der Waals surface area contributed by atoms with Crippen LogP contribution < -0.4 is 16.6 Å². The number of fused-ring (bicyclic) bond motifs is 1. The van der Waals surface area contributed by atoms with E-state index in [0.717, 1.165) is 21.1 Å².